The number of hydrogen-bond acceptors (Lipinski definition) is 8. The summed E-state index contributed by atoms with van der Waals surface area (Å²) in [5, 5.41) is 9.41. The maximum Gasteiger partial charge on any atom is 0.254 e. The summed E-state index contributed by atoms with van der Waals surface area (Å²) >= 11 is 1.32. The molecule has 2 aliphatic heterocycles. The largest absolute Gasteiger partial charge is 0.496 e. The number of aromatic nitrogens is 4. The molecule has 0 aromatic carbocycles. The van der Waals surface area contributed by atoms with Gasteiger partial charge in [0.2, 0.25) is 0 Å². The van der Waals surface area contributed by atoms with Crippen molar-refractivity contribution in [2.45, 2.75) is 45.9 Å². The average molecular weight is 468 g/mol. The van der Waals surface area contributed by atoms with E-state index in [4.69, 9.17) is 15.6 Å². The highest BCUT2D eigenvalue weighted by Gasteiger charge is 2.30. The van der Waals surface area contributed by atoms with Crippen LogP contribution in [0.25, 0.3) is 11.3 Å². The van der Waals surface area contributed by atoms with Crippen LogP contribution in [-0.2, 0) is 12.3 Å². The molecule has 1 aromatic rings. The summed E-state index contributed by atoms with van der Waals surface area (Å²) in [5.41, 5.74) is 12.5. The monoisotopic (exact) mass is 467 g/mol. The van der Waals surface area contributed by atoms with Crippen LogP contribution in [0.5, 0.6) is 5.75 Å². The van der Waals surface area contributed by atoms with E-state index in [1.54, 1.807) is 23.0 Å². The van der Waals surface area contributed by atoms with Crippen molar-refractivity contribution in [1.82, 2.24) is 24.9 Å². The Hall–Kier alpha value is -3.14. The zero-order valence-electron chi connectivity index (χ0n) is 19.7. The first-order chi connectivity index (χ1) is 15.8. The molecule has 1 aromatic heterocycles. The molecule has 1 aliphatic carbocycles. The summed E-state index contributed by atoms with van der Waals surface area (Å²) in [7, 11) is 3.49. The zero-order chi connectivity index (χ0) is 23.7. The highest BCUT2D eigenvalue weighted by atomic mass is 32.2. The molecule has 0 bridgehead atoms. The Balaban J connectivity index is 1.79. The predicted octanol–water partition coefficient (Wildman–Crippen LogP) is 3.19. The van der Waals surface area contributed by atoms with Gasteiger partial charge in [0.15, 0.2) is 5.84 Å². The fraction of sp³-hybridized carbons (Fsp3) is 0.435. The first-order valence-corrected chi connectivity index (χ1v) is 11.9. The normalized spacial score (nSPS) is 13.1. The Labute approximate surface area is 197 Å². The lowest BCUT2D eigenvalue weighted by Gasteiger charge is -2.17. The lowest BCUT2D eigenvalue weighted by molar-refractivity contribution is 0.0793. The minimum absolute atomic E-state index is 0.0178. The molecule has 0 unspecified atom stereocenters. The maximum absolute atomic E-state index is 13.2. The van der Waals surface area contributed by atoms with Crippen LogP contribution in [0.2, 0.25) is 0 Å². The van der Waals surface area contributed by atoms with Gasteiger partial charge < -0.3 is 15.4 Å². The van der Waals surface area contributed by atoms with Gasteiger partial charge in [-0.3, -0.25) is 9.78 Å². The van der Waals surface area contributed by atoms with E-state index in [0.717, 1.165) is 46.5 Å². The van der Waals surface area contributed by atoms with E-state index in [-0.39, 0.29) is 5.91 Å². The van der Waals surface area contributed by atoms with Crippen molar-refractivity contribution in [3.8, 4) is 17.0 Å². The lowest BCUT2D eigenvalue weighted by atomic mass is 10.1. The van der Waals surface area contributed by atoms with Gasteiger partial charge in [-0.2, -0.15) is 19.4 Å². The van der Waals surface area contributed by atoms with Gasteiger partial charge >= 0.3 is 0 Å². The summed E-state index contributed by atoms with van der Waals surface area (Å²) in [4.78, 5) is 21.1. The quantitative estimate of drug-likeness (QED) is 0.531. The molecular weight excluding hydrogens is 438 g/mol. The third-order valence-corrected chi connectivity index (χ3v) is 6.66. The van der Waals surface area contributed by atoms with Crippen LogP contribution in [-0.4, -0.2) is 57.3 Å². The van der Waals surface area contributed by atoms with Crippen molar-refractivity contribution in [3.05, 3.63) is 45.9 Å². The molecule has 0 atom stereocenters. The average Bonchev–Trinajstić information content (AvgIpc) is 3.07. The van der Waals surface area contributed by atoms with Crippen LogP contribution in [0.3, 0.4) is 0 Å². The van der Waals surface area contributed by atoms with E-state index in [0.29, 0.717) is 41.6 Å². The third kappa shape index (κ3) is 4.27. The number of amidine groups is 1. The number of rotatable bonds is 7. The van der Waals surface area contributed by atoms with Crippen molar-refractivity contribution in [2.24, 2.45) is 10.1 Å². The number of unbranched alkanes of at least 4 members (excludes halogenated alkanes) is 1. The minimum atomic E-state index is -0.0178. The van der Waals surface area contributed by atoms with Crippen LogP contribution >= 0.6 is 11.9 Å². The number of carbonyl (C=O) groups is 1. The molecule has 1 amide bonds. The minimum Gasteiger partial charge on any atom is -0.496 e. The van der Waals surface area contributed by atoms with Crippen LogP contribution in [0.4, 0.5) is 0 Å². The number of pyridine rings is 1. The van der Waals surface area contributed by atoms with Crippen molar-refractivity contribution < 1.29 is 9.53 Å². The molecule has 33 heavy (non-hydrogen) atoms. The lowest BCUT2D eigenvalue weighted by Crippen LogP contribution is -2.28. The van der Waals surface area contributed by atoms with Crippen LogP contribution in [0, 0.1) is 13.8 Å². The first-order valence-electron chi connectivity index (χ1n) is 11.0. The molecule has 0 saturated heterocycles. The van der Waals surface area contributed by atoms with Crippen molar-refractivity contribution >= 4 is 23.7 Å². The van der Waals surface area contributed by atoms with Crippen molar-refractivity contribution in [2.75, 3.05) is 20.7 Å². The molecule has 174 valence electrons. The zero-order valence-corrected chi connectivity index (χ0v) is 20.5. The van der Waals surface area contributed by atoms with E-state index >= 15 is 0 Å². The summed E-state index contributed by atoms with van der Waals surface area (Å²) in [6, 6.07) is 1.85. The molecule has 0 saturated carbocycles. The number of amides is 1. The van der Waals surface area contributed by atoms with Crippen LogP contribution in [0.15, 0.2) is 16.7 Å². The molecule has 0 spiro atoms. The highest BCUT2D eigenvalue weighted by Crippen LogP contribution is 2.38. The summed E-state index contributed by atoms with van der Waals surface area (Å²) < 4.78 is 9.92. The van der Waals surface area contributed by atoms with Gasteiger partial charge in [-0.1, -0.05) is 13.3 Å². The van der Waals surface area contributed by atoms with Gasteiger partial charge in [0, 0.05) is 47.8 Å². The van der Waals surface area contributed by atoms with Gasteiger partial charge in [-0.25, -0.2) is 0 Å². The molecule has 0 fully saturated rings. The van der Waals surface area contributed by atoms with E-state index in [9.17, 15) is 4.79 Å². The van der Waals surface area contributed by atoms with Gasteiger partial charge in [0.1, 0.15) is 18.0 Å². The Morgan fingerprint density at radius 2 is 2.12 bits per heavy atom. The number of methoxy groups -OCH3 is 1. The number of nitrogens with zero attached hydrogens (tertiary/aromatic N) is 6. The van der Waals surface area contributed by atoms with Gasteiger partial charge in [-0.15, -0.1) is 0 Å². The Kier molecular flexibility index (Phi) is 6.55. The van der Waals surface area contributed by atoms with Crippen molar-refractivity contribution in [1.29, 1.82) is 0 Å². The smallest absolute Gasteiger partial charge is 0.254 e. The number of ether oxygens (including phenoxy) is 1. The second-order valence-corrected chi connectivity index (χ2v) is 8.98. The molecule has 3 aliphatic rings. The third-order valence-electron chi connectivity index (χ3n) is 5.92. The SMILES string of the molecule is CCCCN(C)C(=O)c1cc2nn(Cc3ncc(C)c(OC)c3C)nc3c-2c1CSN=C3N. The molecule has 0 radical (unpaired) electrons. The molecule has 2 N–H and O–H groups in total. The van der Waals surface area contributed by atoms with E-state index in [2.05, 4.69) is 21.4 Å². The summed E-state index contributed by atoms with van der Waals surface area (Å²) in [6.07, 6.45) is 3.77. The predicted molar refractivity (Wildman–Crippen MR) is 130 cm³/mol. The van der Waals surface area contributed by atoms with E-state index in [1.807, 2.05) is 27.0 Å². The standard InChI is InChI=1S/C23H29N7O2S/c1-6-7-8-29(4)23(31)15-9-17-19-16(15)12-33-28-22(24)20(19)27-30(26-17)11-18-14(3)21(32-5)13(2)10-25-18/h9-10H,6-8,11-12H2,1-5H3,(H2,24,28). The number of nitrogens with two attached hydrogens (primary N) is 1. The molecule has 9 nitrogen and oxygen atoms in total. The maximum atomic E-state index is 13.2. The van der Waals surface area contributed by atoms with Gasteiger partial charge in [0.05, 0.1) is 18.5 Å². The fourth-order valence-corrected chi connectivity index (χ4v) is 4.83. The van der Waals surface area contributed by atoms with Gasteiger partial charge in [-0.05, 0) is 43.8 Å². The molecule has 4 rings (SSSR count). The second-order valence-electron chi connectivity index (χ2n) is 8.25. The Morgan fingerprint density at radius 3 is 2.85 bits per heavy atom. The molecule has 10 heteroatoms. The molecule has 3 heterocycles. The Bertz CT molecular complexity index is 1200. The van der Waals surface area contributed by atoms with Crippen LogP contribution < -0.4 is 10.5 Å². The highest BCUT2D eigenvalue weighted by molar-refractivity contribution is 7.97. The Morgan fingerprint density at radius 1 is 1.33 bits per heavy atom. The van der Waals surface area contributed by atoms with Crippen LogP contribution in [0.1, 0.15) is 58.2 Å². The van der Waals surface area contributed by atoms with Crippen molar-refractivity contribution in [3.63, 3.8) is 0 Å². The molecular formula is C23H29N7O2S. The van der Waals surface area contributed by atoms with E-state index in [1.165, 1.54) is 11.9 Å². The summed E-state index contributed by atoms with van der Waals surface area (Å²) in [5.74, 6) is 1.66. The fourth-order valence-electron chi connectivity index (χ4n) is 4.11. The number of carbonyl (C=O) groups excluding carboxylic acids is 1. The second kappa shape index (κ2) is 9.38. The summed E-state index contributed by atoms with van der Waals surface area (Å²) in [6.45, 7) is 7.09. The van der Waals surface area contributed by atoms with Gasteiger partial charge in [0.25, 0.3) is 5.91 Å². The number of aryl methyl sites for hydroxylation is 1. The van der Waals surface area contributed by atoms with E-state index < -0.39 is 0 Å². The topological polar surface area (TPSA) is 112 Å². The first kappa shape index (κ1) is 23.0. The number of hydrogen-bond donors (Lipinski definition) is 1.